The quantitative estimate of drug-likeness (QED) is 0.802. The molecule has 0 atom stereocenters. The Balaban J connectivity index is 1.82. The van der Waals surface area contributed by atoms with Crippen molar-refractivity contribution < 1.29 is 4.79 Å². The summed E-state index contributed by atoms with van der Waals surface area (Å²) in [5, 5.41) is 8.20. The van der Waals surface area contributed by atoms with Crippen LogP contribution in [0.4, 0.5) is 5.69 Å². The molecule has 0 spiro atoms. The van der Waals surface area contributed by atoms with Crippen molar-refractivity contribution in [2.75, 3.05) is 5.32 Å². The Labute approximate surface area is 122 Å². The van der Waals surface area contributed by atoms with Gasteiger partial charge in [0.1, 0.15) is 6.54 Å². The van der Waals surface area contributed by atoms with E-state index in [0.717, 1.165) is 28.0 Å². The number of para-hydroxylation sites is 1. The van der Waals surface area contributed by atoms with Crippen LogP contribution in [0.2, 0.25) is 0 Å². The molecule has 0 radical (unpaired) electrons. The highest BCUT2D eigenvalue weighted by molar-refractivity contribution is 6.00. The first-order valence-electron chi connectivity index (χ1n) is 6.78. The zero-order valence-electron chi connectivity index (χ0n) is 12.0. The van der Waals surface area contributed by atoms with E-state index >= 15 is 0 Å². The fraction of sp³-hybridized carbons (Fsp3) is 0.188. The van der Waals surface area contributed by atoms with Crippen LogP contribution in [-0.2, 0) is 11.3 Å². The molecule has 0 aliphatic heterocycles. The zero-order chi connectivity index (χ0) is 14.8. The van der Waals surface area contributed by atoms with Crippen LogP contribution in [0, 0.1) is 13.8 Å². The molecule has 3 aromatic rings. The molecule has 0 fully saturated rings. The number of carbonyl (C=O) groups excluding carboxylic acids is 1. The SMILES string of the molecule is Cc1cc(C)n(CC(=O)Nc2cccc3cccnc23)n1. The minimum atomic E-state index is -0.112. The molecule has 0 bridgehead atoms. The molecule has 21 heavy (non-hydrogen) atoms. The van der Waals surface area contributed by atoms with Crippen LogP contribution in [0.15, 0.2) is 42.6 Å². The smallest absolute Gasteiger partial charge is 0.246 e. The summed E-state index contributed by atoms with van der Waals surface area (Å²) in [6, 6.07) is 11.5. The summed E-state index contributed by atoms with van der Waals surface area (Å²) < 4.78 is 1.70. The third-order valence-electron chi connectivity index (χ3n) is 3.30. The summed E-state index contributed by atoms with van der Waals surface area (Å²) in [5.74, 6) is -0.112. The fourth-order valence-electron chi connectivity index (χ4n) is 2.37. The highest BCUT2D eigenvalue weighted by atomic mass is 16.2. The summed E-state index contributed by atoms with van der Waals surface area (Å²) in [6.45, 7) is 4.05. The minimum absolute atomic E-state index is 0.112. The number of amides is 1. The van der Waals surface area contributed by atoms with E-state index in [0.29, 0.717) is 0 Å². The molecule has 0 unspecified atom stereocenters. The van der Waals surface area contributed by atoms with Crippen molar-refractivity contribution in [1.29, 1.82) is 0 Å². The molecule has 0 aliphatic rings. The van der Waals surface area contributed by atoms with Gasteiger partial charge >= 0.3 is 0 Å². The molecular weight excluding hydrogens is 264 g/mol. The second-order valence-corrected chi connectivity index (χ2v) is 5.01. The average Bonchev–Trinajstić information content (AvgIpc) is 2.77. The van der Waals surface area contributed by atoms with E-state index in [9.17, 15) is 4.79 Å². The highest BCUT2D eigenvalue weighted by Crippen LogP contribution is 2.20. The topological polar surface area (TPSA) is 59.8 Å². The van der Waals surface area contributed by atoms with E-state index in [-0.39, 0.29) is 12.5 Å². The summed E-state index contributed by atoms with van der Waals surface area (Å²) in [5.41, 5.74) is 3.40. The first kappa shape index (κ1) is 13.3. The number of rotatable bonds is 3. The predicted octanol–water partition coefficient (Wildman–Crippen LogP) is 2.69. The third kappa shape index (κ3) is 2.76. The number of benzene rings is 1. The van der Waals surface area contributed by atoms with Gasteiger partial charge in [-0.2, -0.15) is 5.10 Å². The van der Waals surface area contributed by atoms with Crippen LogP contribution >= 0.6 is 0 Å². The van der Waals surface area contributed by atoms with Gasteiger partial charge in [-0.25, -0.2) is 0 Å². The van der Waals surface area contributed by atoms with Gasteiger partial charge in [-0.1, -0.05) is 18.2 Å². The van der Waals surface area contributed by atoms with Crippen molar-refractivity contribution in [1.82, 2.24) is 14.8 Å². The molecule has 1 amide bonds. The van der Waals surface area contributed by atoms with Gasteiger partial charge < -0.3 is 5.32 Å². The molecule has 2 heterocycles. The molecule has 3 rings (SSSR count). The lowest BCUT2D eigenvalue weighted by molar-refractivity contribution is -0.116. The lowest BCUT2D eigenvalue weighted by Gasteiger charge is -2.09. The van der Waals surface area contributed by atoms with Crippen LogP contribution in [0.5, 0.6) is 0 Å². The number of aromatic nitrogens is 3. The number of nitrogens with one attached hydrogen (secondary N) is 1. The van der Waals surface area contributed by atoms with E-state index in [1.807, 2.05) is 50.2 Å². The monoisotopic (exact) mass is 280 g/mol. The lowest BCUT2D eigenvalue weighted by Crippen LogP contribution is -2.20. The first-order valence-corrected chi connectivity index (χ1v) is 6.78. The Kier molecular flexibility index (Phi) is 3.39. The Hall–Kier alpha value is -2.69. The van der Waals surface area contributed by atoms with Crippen LogP contribution in [0.1, 0.15) is 11.4 Å². The number of fused-ring (bicyclic) bond motifs is 1. The Bertz CT molecular complexity index is 802. The standard InChI is InChI=1S/C16H16N4O/c1-11-9-12(2)20(19-11)10-15(21)18-14-7-3-5-13-6-4-8-17-16(13)14/h3-9H,10H2,1-2H3,(H,18,21). The van der Waals surface area contributed by atoms with Crippen LogP contribution in [0.25, 0.3) is 10.9 Å². The van der Waals surface area contributed by atoms with Crippen molar-refractivity contribution in [3.05, 3.63) is 54.0 Å². The van der Waals surface area contributed by atoms with E-state index < -0.39 is 0 Å². The molecule has 1 aromatic carbocycles. The molecule has 0 aliphatic carbocycles. The number of hydrogen-bond acceptors (Lipinski definition) is 3. The fourth-order valence-corrected chi connectivity index (χ4v) is 2.37. The molecular formula is C16H16N4O. The summed E-state index contributed by atoms with van der Waals surface area (Å²) >= 11 is 0. The predicted molar refractivity (Wildman–Crippen MR) is 82.1 cm³/mol. The minimum Gasteiger partial charge on any atom is -0.323 e. The van der Waals surface area contributed by atoms with Crippen molar-refractivity contribution in [2.45, 2.75) is 20.4 Å². The highest BCUT2D eigenvalue weighted by Gasteiger charge is 2.09. The van der Waals surface area contributed by atoms with Crippen molar-refractivity contribution >= 4 is 22.5 Å². The number of nitrogens with zero attached hydrogens (tertiary/aromatic N) is 3. The van der Waals surface area contributed by atoms with Gasteiger partial charge in [0.05, 0.1) is 16.9 Å². The van der Waals surface area contributed by atoms with Crippen LogP contribution in [-0.4, -0.2) is 20.7 Å². The molecule has 106 valence electrons. The molecule has 0 saturated heterocycles. The molecule has 2 aromatic heterocycles. The number of aryl methyl sites for hydroxylation is 2. The van der Waals surface area contributed by atoms with Crippen LogP contribution in [0.3, 0.4) is 0 Å². The third-order valence-corrected chi connectivity index (χ3v) is 3.30. The number of anilines is 1. The van der Waals surface area contributed by atoms with Gasteiger partial charge in [-0.15, -0.1) is 0 Å². The van der Waals surface area contributed by atoms with E-state index in [4.69, 9.17) is 0 Å². The van der Waals surface area contributed by atoms with Gasteiger partial charge in [-0.05, 0) is 32.0 Å². The summed E-state index contributed by atoms with van der Waals surface area (Å²) in [7, 11) is 0. The van der Waals surface area contributed by atoms with Crippen LogP contribution < -0.4 is 5.32 Å². The van der Waals surface area contributed by atoms with Gasteiger partial charge in [0.2, 0.25) is 5.91 Å². The van der Waals surface area contributed by atoms with Gasteiger partial charge in [0.15, 0.2) is 0 Å². The second-order valence-electron chi connectivity index (χ2n) is 5.01. The van der Waals surface area contributed by atoms with E-state index in [1.165, 1.54) is 0 Å². The lowest BCUT2D eigenvalue weighted by atomic mass is 10.2. The number of hydrogen-bond donors (Lipinski definition) is 1. The van der Waals surface area contributed by atoms with E-state index in [2.05, 4.69) is 15.4 Å². The largest absolute Gasteiger partial charge is 0.323 e. The number of pyridine rings is 1. The van der Waals surface area contributed by atoms with Gasteiger partial charge in [0.25, 0.3) is 0 Å². The Morgan fingerprint density at radius 1 is 1.24 bits per heavy atom. The van der Waals surface area contributed by atoms with Crippen molar-refractivity contribution in [3.63, 3.8) is 0 Å². The molecule has 0 saturated carbocycles. The average molecular weight is 280 g/mol. The molecule has 1 N–H and O–H groups in total. The van der Waals surface area contributed by atoms with Crippen molar-refractivity contribution in [2.24, 2.45) is 0 Å². The molecule has 5 nitrogen and oxygen atoms in total. The summed E-state index contributed by atoms with van der Waals surface area (Å²) in [6.07, 6.45) is 1.72. The normalized spacial score (nSPS) is 10.8. The Morgan fingerprint density at radius 2 is 2.05 bits per heavy atom. The molecule has 5 heteroatoms. The van der Waals surface area contributed by atoms with Gasteiger partial charge in [-0.3, -0.25) is 14.5 Å². The second kappa shape index (κ2) is 5.36. The van der Waals surface area contributed by atoms with E-state index in [1.54, 1.807) is 10.9 Å². The maximum Gasteiger partial charge on any atom is 0.246 e. The van der Waals surface area contributed by atoms with Gasteiger partial charge in [0, 0.05) is 17.3 Å². The van der Waals surface area contributed by atoms with Crippen molar-refractivity contribution in [3.8, 4) is 0 Å². The summed E-state index contributed by atoms with van der Waals surface area (Å²) in [4.78, 5) is 16.5. The Morgan fingerprint density at radius 3 is 2.81 bits per heavy atom. The maximum atomic E-state index is 12.2. The maximum absolute atomic E-state index is 12.2. The number of carbonyl (C=O) groups is 1. The zero-order valence-corrected chi connectivity index (χ0v) is 12.0. The first-order chi connectivity index (χ1) is 10.1.